The molecule has 9 heteroatoms. The maximum atomic E-state index is 12.8. The number of carbonyl (C=O) groups excluding carboxylic acids is 1. The minimum Gasteiger partial charge on any atom is -0.492 e. The van der Waals surface area contributed by atoms with Gasteiger partial charge in [0, 0.05) is 19.6 Å². The van der Waals surface area contributed by atoms with Crippen molar-refractivity contribution < 1.29 is 22.7 Å². The van der Waals surface area contributed by atoms with Crippen molar-refractivity contribution in [2.24, 2.45) is 0 Å². The summed E-state index contributed by atoms with van der Waals surface area (Å²) in [6.45, 7) is 2.80. The number of anilines is 1. The Bertz CT molecular complexity index is 935. The van der Waals surface area contributed by atoms with Gasteiger partial charge in [0.1, 0.15) is 5.75 Å². The number of halogens is 5. The fourth-order valence-corrected chi connectivity index (χ4v) is 3.99. The van der Waals surface area contributed by atoms with Crippen LogP contribution in [0.5, 0.6) is 5.75 Å². The molecule has 162 valence electrons. The lowest BCUT2D eigenvalue weighted by molar-refractivity contribution is -0.185. The number of hydrogen-bond acceptors (Lipinski definition) is 3. The minimum absolute atomic E-state index is 0.0148. The van der Waals surface area contributed by atoms with Crippen LogP contribution >= 0.6 is 23.2 Å². The second-order valence-electron chi connectivity index (χ2n) is 6.90. The SMILES string of the molecule is CCOc1ccc(CNc2c(Cl)ccc3c2CCN(C(=O)C(F)(F)F)CC3)cc1Cl. The molecule has 0 saturated heterocycles. The van der Waals surface area contributed by atoms with E-state index in [1.807, 2.05) is 13.0 Å². The van der Waals surface area contributed by atoms with Crippen LogP contribution in [-0.2, 0) is 24.2 Å². The highest BCUT2D eigenvalue weighted by molar-refractivity contribution is 6.33. The summed E-state index contributed by atoms with van der Waals surface area (Å²) in [5.74, 6) is -1.20. The maximum absolute atomic E-state index is 12.8. The smallest absolute Gasteiger partial charge is 0.471 e. The Labute approximate surface area is 182 Å². The highest BCUT2D eigenvalue weighted by Gasteiger charge is 2.42. The third-order valence-electron chi connectivity index (χ3n) is 4.94. The molecule has 2 aromatic rings. The molecule has 1 amide bonds. The van der Waals surface area contributed by atoms with Crippen molar-refractivity contribution in [1.82, 2.24) is 4.90 Å². The van der Waals surface area contributed by atoms with Crippen LogP contribution in [0.3, 0.4) is 0 Å². The summed E-state index contributed by atoms with van der Waals surface area (Å²) in [5, 5.41) is 4.25. The van der Waals surface area contributed by atoms with E-state index >= 15 is 0 Å². The minimum atomic E-state index is -4.87. The van der Waals surface area contributed by atoms with Crippen molar-refractivity contribution in [2.45, 2.75) is 32.5 Å². The molecule has 4 nitrogen and oxygen atoms in total. The molecule has 30 heavy (non-hydrogen) atoms. The van der Waals surface area contributed by atoms with Gasteiger partial charge < -0.3 is 15.0 Å². The Kier molecular flexibility index (Phi) is 7.03. The summed E-state index contributed by atoms with van der Waals surface area (Å²) in [6.07, 6.45) is -4.26. The lowest BCUT2D eigenvalue weighted by Gasteiger charge is -2.21. The zero-order valence-corrected chi connectivity index (χ0v) is 17.8. The Hall–Kier alpha value is -2.12. The fraction of sp³-hybridized carbons (Fsp3) is 0.381. The molecule has 0 radical (unpaired) electrons. The van der Waals surface area contributed by atoms with Crippen LogP contribution in [0.1, 0.15) is 23.6 Å². The van der Waals surface area contributed by atoms with Gasteiger partial charge in [-0.15, -0.1) is 0 Å². The largest absolute Gasteiger partial charge is 0.492 e. The Morgan fingerprint density at radius 1 is 1.13 bits per heavy atom. The number of nitrogens with one attached hydrogen (secondary N) is 1. The van der Waals surface area contributed by atoms with Crippen molar-refractivity contribution in [3.05, 3.63) is 57.1 Å². The highest BCUT2D eigenvalue weighted by atomic mass is 35.5. The van der Waals surface area contributed by atoms with E-state index in [2.05, 4.69) is 5.32 Å². The zero-order chi connectivity index (χ0) is 21.9. The van der Waals surface area contributed by atoms with Crippen LogP contribution in [0.2, 0.25) is 10.0 Å². The monoisotopic (exact) mass is 460 g/mol. The molecule has 0 aliphatic carbocycles. The number of rotatable bonds is 5. The first-order valence-electron chi connectivity index (χ1n) is 9.52. The first-order chi connectivity index (χ1) is 14.2. The summed E-state index contributed by atoms with van der Waals surface area (Å²) >= 11 is 12.6. The van der Waals surface area contributed by atoms with Gasteiger partial charge in [0.2, 0.25) is 0 Å². The van der Waals surface area contributed by atoms with Gasteiger partial charge in [-0.2, -0.15) is 13.2 Å². The van der Waals surface area contributed by atoms with Gasteiger partial charge in [-0.1, -0.05) is 35.3 Å². The van der Waals surface area contributed by atoms with Gasteiger partial charge in [0.25, 0.3) is 0 Å². The van der Waals surface area contributed by atoms with Crippen LogP contribution in [0.4, 0.5) is 18.9 Å². The first kappa shape index (κ1) is 22.6. The van der Waals surface area contributed by atoms with Gasteiger partial charge >= 0.3 is 12.1 Å². The van der Waals surface area contributed by atoms with Crippen LogP contribution in [-0.4, -0.2) is 36.7 Å². The third kappa shape index (κ3) is 5.13. The van der Waals surface area contributed by atoms with Crippen molar-refractivity contribution >= 4 is 34.8 Å². The summed E-state index contributed by atoms with van der Waals surface area (Å²) in [4.78, 5) is 12.5. The van der Waals surface area contributed by atoms with Crippen LogP contribution in [0, 0.1) is 0 Å². The van der Waals surface area contributed by atoms with E-state index in [-0.39, 0.29) is 19.5 Å². The highest BCUT2D eigenvalue weighted by Crippen LogP contribution is 2.33. The predicted octanol–water partition coefficient (Wildman–Crippen LogP) is 5.49. The number of hydrogen-bond donors (Lipinski definition) is 1. The Morgan fingerprint density at radius 3 is 2.53 bits per heavy atom. The lowest BCUT2D eigenvalue weighted by Crippen LogP contribution is -2.42. The molecule has 2 aromatic carbocycles. The number of nitrogens with zero attached hydrogens (tertiary/aromatic N) is 1. The molecule has 0 spiro atoms. The average Bonchev–Trinajstić information content (AvgIpc) is 2.90. The molecule has 1 N–H and O–H groups in total. The van der Waals surface area contributed by atoms with Crippen molar-refractivity contribution in [3.8, 4) is 5.75 Å². The number of alkyl halides is 3. The molecular formula is C21H21Cl2F3N2O2. The first-order valence-corrected chi connectivity index (χ1v) is 10.3. The molecule has 0 atom stereocenters. The molecule has 0 fully saturated rings. The second-order valence-corrected chi connectivity index (χ2v) is 7.72. The van der Waals surface area contributed by atoms with E-state index in [0.29, 0.717) is 41.1 Å². The molecular weight excluding hydrogens is 440 g/mol. The Morgan fingerprint density at radius 2 is 1.87 bits per heavy atom. The molecule has 0 saturated carbocycles. The number of ether oxygens (including phenoxy) is 1. The molecule has 1 aliphatic rings. The molecule has 1 aliphatic heterocycles. The van der Waals surface area contributed by atoms with Gasteiger partial charge in [-0.3, -0.25) is 4.79 Å². The zero-order valence-electron chi connectivity index (χ0n) is 16.3. The van der Waals surface area contributed by atoms with Gasteiger partial charge in [-0.05, 0) is 54.7 Å². The van der Waals surface area contributed by atoms with Gasteiger partial charge in [0.05, 0.1) is 22.3 Å². The van der Waals surface area contributed by atoms with E-state index in [0.717, 1.165) is 21.6 Å². The molecule has 0 aromatic heterocycles. The van der Waals surface area contributed by atoms with Crippen LogP contribution in [0.25, 0.3) is 0 Å². The number of carbonyl (C=O) groups is 1. The average molecular weight is 461 g/mol. The Balaban J connectivity index is 1.77. The standard InChI is InChI=1S/C21H21Cl2F3N2O2/c1-2-30-18-6-3-13(11-17(18)23)12-27-19-15-8-10-28(20(29)21(24,25)26)9-7-14(15)4-5-16(19)22/h3-6,11,27H,2,7-10,12H2,1H3. The van der Waals surface area contributed by atoms with E-state index in [9.17, 15) is 18.0 Å². The second kappa shape index (κ2) is 9.35. The van der Waals surface area contributed by atoms with Gasteiger partial charge in [-0.25, -0.2) is 0 Å². The molecule has 1 heterocycles. The number of benzene rings is 2. The van der Waals surface area contributed by atoms with Gasteiger partial charge in [0.15, 0.2) is 0 Å². The normalized spacial score (nSPS) is 14.1. The summed E-state index contributed by atoms with van der Waals surface area (Å²) in [5.41, 5.74) is 3.28. The van der Waals surface area contributed by atoms with E-state index in [1.165, 1.54) is 0 Å². The van der Waals surface area contributed by atoms with Crippen molar-refractivity contribution in [3.63, 3.8) is 0 Å². The topological polar surface area (TPSA) is 41.6 Å². The molecule has 3 rings (SSSR count). The van der Waals surface area contributed by atoms with Crippen LogP contribution in [0.15, 0.2) is 30.3 Å². The molecule has 0 bridgehead atoms. The van der Waals surface area contributed by atoms with E-state index < -0.39 is 12.1 Å². The molecule has 0 unspecified atom stereocenters. The summed E-state index contributed by atoms with van der Waals surface area (Å²) < 4.78 is 43.9. The lowest BCUT2D eigenvalue weighted by atomic mass is 10.0. The van der Waals surface area contributed by atoms with Crippen LogP contribution < -0.4 is 10.1 Å². The van der Waals surface area contributed by atoms with Crippen molar-refractivity contribution in [1.29, 1.82) is 0 Å². The van der Waals surface area contributed by atoms with E-state index in [4.69, 9.17) is 27.9 Å². The maximum Gasteiger partial charge on any atom is 0.471 e. The predicted molar refractivity (Wildman–Crippen MR) is 111 cm³/mol. The fourth-order valence-electron chi connectivity index (χ4n) is 3.49. The number of amides is 1. The quantitative estimate of drug-likeness (QED) is 0.640. The van der Waals surface area contributed by atoms with Crippen molar-refractivity contribution in [2.75, 3.05) is 25.0 Å². The number of fused-ring (bicyclic) bond motifs is 1. The summed E-state index contributed by atoms with van der Waals surface area (Å²) in [7, 11) is 0. The van der Waals surface area contributed by atoms with E-state index in [1.54, 1.807) is 24.3 Å². The summed E-state index contributed by atoms with van der Waals surface area (Å²) in [6, 6.07) is 8.98. The third-order valence-corrected chi connectivity index (χ3v) is 5.55.